The van der Waals surface area contributed by atoms with Gasteiger partial charge < -0.3 is 20.1 Å². The summed E-state index contributed by atoms with van der Waals surface area (Å²) in [6.07, 6.45) is 11.9. The second kappa shape index (κ2) is 12.4. The molecule has 50 heavy (non-hydrogen) atoms. The number of rotatable bonds is 7. The van der Waals surface area contributed by atoms with Gasteiger partial charge in [-0.3, -0.25) is 4.79 Å². The van der Waals surface area contributed by atoms with Crippen LogP contribution in [0.1, 0.15) is 108 Å². The van der Waals surface area contributed by atoms with Gasteiger partial charge in [-0.25, -0.2) is 13.2 Å². The summed E-state index contributed by atoms with van der Waals surface area (Å²) in [5.74, 6) is 0.797. The smallest absolute Gasteiger partial charge is 0.337 e. The quantitative estimate of drug-likeness (QED) is 0.301. The predicted octanol–water partition coefficient (Wildman–Crippen LogP) is 6.71. The number of carbonyl (C=O) groups excluding carboxylic acids is 1. The van der Waals surface area contributed by atoms with Gasteiger partial charge in [-0.2, -0.15) is 0 Å². The highest BCUT2D eigenvalue weighted by Gasteiger charge is 2.71. The van der Waals surface area contributed by atoms with Gasteiger partial charge in [0, 0.05) is 31.7 Å². The van der Waals surface area contributed by atoms with E-state index in [9.17, 15) is 23.1 Å². The average Bonchev–Trinajstić information content (AvgIpc) is 3.45. The fourth-order valence-corrected chi connectivity index (χ4v) is 14.9. The zero-order valence-corrected chi connectivity index (χ0v) is 32.0. The van der Waals surface area contributed by atoms with Gasteiger partial charge in [0.2, 0.25) is 0 Å². The maximum Gasteiger partial charge on any atom is 0.337 e. The summed E-state index contributed by atoms with van der Waals surface area (Å²) in [7, 11) is -1.49. The lowest BCUT2D eigenvalue weighted by atomic mass is 9.33. The Balaban J connectivity index is 1.14. The topological polar surface area (TPSA) is 113 Å². The molecule has 1 aliphatic heterocycles. The number of carboxylic acid groups (broad SMARTS) is 1. The van der Waals surface area contributed by atoms with E-state index < -0.39 is 15.8 Å². The molecule has 4 saturated carbocycles. The predicted molar refractivity (Wildman–Crippen MR) is 196 cm³/mol. The summed E-state index contributed by atoms with van der Waals surface area (Å²) >= 11 is 0. The number of fused-ring (bicyclic) bond motifs is 7. The van der Waals surface area contributed by atoms with Crippen molar-refractivity contribution >= 4 is 27.3 Å². The van der Waals surface area contributed by atoms with Crippen molar-refractivity contribution in [3.05, 3.63) is 41.5 Å². The molecular formula is C41H60N2O6S. The molecule has 7 rings (SSSR count). The summed E-state index contributed by atoms with van der Waals surface area (Å²) in [5.41, 5.74) is 3.31. The minimum Gasteiger partial charge on any atom is -0.481 e. The first-order valence-corrected chi connectivity index (χ1v) is 21.1. The van der Waals surface area contributed by atoms with Crippen molar-refractivity contribution in [3.8, 4) is 0 Å². The first-order chi connectivity index (χ1) is 23.5. The first-order valence-electron chi connectivity index (χ1n) is 19.3. The fraction of sp³-hybridized carbons (Fsp3) is 0.756. The molecule has 0 aromatic heterocycles. The summed E-state index contributed by atoms with van der Waals surface area (Å²) in [5, 5.41) is 14.6. The molecule has 1 aromatic carbocycles. The van der Waals surface area contributed by atoms with E-state index in [0.29, 0.717) is 36.4 Å². The van der Waals surface area contributed by atoms with Crippen molar-refractivity contribution in [2.75, 3.05) is 44.8 Å². The van der Waals surface area contributed by atoms with Gasteiger partial charge in [-0.15, -0.1) is 0 Å². The van der Waals surface area contributed by atoms with Crippen LogP contribution in [0.3, 0.4) is 0 Å². The number of methoxy groups -OCH3 is 1. The van der Waals surface area contributed by atoms with Crippen LogP contribution in [0.4, 0.5) is 0 Å². The number of esters is 1. The highest BCUT2D eigenvalue weighted by molar-refractivity contribution is 7.91. The summed E-state index contributed by atoms with van der Waals surface area (Å²) in [6.45, 7) is 15.4. The number of hydrogen-bond acceptors (Lipinski definition) is 7. The molecule has 1 unspecified atom stereocenters. The maximum absolute atomic E-state index is 12.9. The normalized spacial score (nSPS) is 41.9. The number of nitrogens with zero attached hydrogens (tertiary/aromatic N) is 1. The van der Waals surface area contributed by atoms with Gasteiger partial charge in [0.15, 0.2) is 9.84 Å². The molecule has 6 aliphatic rings. The Hall–Kier alpha value is -2.23. The van der Waals surface area contributed by atoms with Crippen LogP contribution >= 0.6 is 0 Å². The van der Waals surface area contributed by atoms with Crippen molar-refractivity contribution in [2.45, 2.75) is 97.9 Å². The molecule has 276 valence electrons. The Morgan fingerprint density at radius 2 is 1.60 bits per heavy atom. The first kappa shape index (κ1) is 36.1. The molecule has 1 heterocycles. The number of allylic oxidation sites excluding steroid dienone is 2. The third kappa shape index (κ3) is 5.45. The molecule has 5 fully saturated rings. The van der Waals surface area contributed by atoms with E-state index in [1.807, 2.05) is 12.1 Å². The number of nitrogens with one attached hydrogen (secondary N) is 1. The molecule has 9 heteroatoms. The van der Waals surface area contributed by atoms with Crippen LogP contribution in [0.25, 0.3) is 5.57 Å². The highest BCUT2D eigenvalue weighted by atomic mass is 32.2. The van der Waals surface area contributed by atoms with E-state index in [1.165, 1.54) is 31.1 Å². The van der Waals surface area contributed by atoms with E-state index in [2.05, 4.69) is 63.0 Å². The molecule has 0 spiro atoms. The van der Waals surface area contributed by atoms with Crippen molar-refractivity contribution < 1.29 is 27.9 Å². The summed E-state index contributed by atoms with van der Waals surface area (Å²) in [6, 6.07) is 7.94. The van der Waals surface area contributed by atoms with Crippen molar-refractivity contribution in [1.82, 2.24) is 10.2 Å². The zero-order valence-electron chi connectivity index (χ0n) is 31.2. The SMILES string of the molecule is COC(=O)c1ccc(C2=CC[C@]3(C)[C@H]4CC[C@@H]5[C@H]6[C@H](C(=O)O)CCC6(NCCN6CCS(=O)(=O)CC6)CC[C@@]5(C)[C@]4(C)CC[C@H]3C2(C)C)cc1. The van der Waals surface area contributed by atoms with Crippen molar-refractivity contribution in [1.29, 1.82) is 0 Å². The lowest BCUT2D eigenvalue weighted by molar-refractivity contribution is -0.221. The van der Waals surface area contributed by atoms with Gasteiger partial charge in [-0.05, 0) is 126 Å². The van der Waals surface area contributed by atoms with Crippen LogP contribution in [0, 0.1) is 51.2 Å². The van der Waals surface area contributed by atoms with E-state index >= 15 is 0 Å². The minimum atomic E-state index is -2.91. The maximum atomic E-state index is 12.9. The number of carbonyl (C=O) groups is 2. The second-order valence-electron chi connectivity index (χ2n) is 18.4. The lowest BCUT2D eigenvalue weighted by Crippen LogP contribution is -2.68. The molecule has 1 saturated heterocycles. The van der Waals surface area contributed by atoms with Crippen molar-refractivity contribution in [3.63, 3.8) is 0 Å². The van der Waals surface area contributed by atoms with Gasteiger partial charge >= 0.3 is 11.9 Å². The summed E-state index contributed by atoms with van der Waals surface area (Å²) in [4.78, 5) is 27.3. The van der Waals surface area contributed by atoms with Gasteiger partial charge in [0.25, 0.3) is 0 Å². The zero-order chi connectivity index (χ0) is 35.9. The molecule has 9 atom stereocenters. The van der Waals surface area contributed by atoms with Crippen LogP contribution in [0.2, 0.25) is 0 Å². The van der Waals surface area contributed by atoms with E-state index in [-0.39, 0.29) is 56.5 Å². The Kier molecular flexibility index (Phi) is 8.99. The number of sulfone groups is 1. The largest absolute Gasteiger partial charge is 0.481 e. The molecule has 0 radical (unpaired) electrons. The minimum absolute atomic E-state index is 0.0249. The standard InChI is InChI=1S/C41H60N2O6S/c1-37(2)30(27-7-9-28(10-8-27)36(46)49-6)14-16-38(3)32(37)15-17-40(5)33(38)12-11-31-34-29(35(44)45)13-18-41(34,20-19-39(31,40)4)42-21-22-43-23-25-50(47,48)26-24-43/h7-10,14,29,31-34,42H,11-13,15-26H2,1-6H3,(H,44,45)/t29-,31-,32+,33-,34-,38+,39-,40-,41?/m1/s1. The van der Waals surface area contributed by atoms with E-state index in [0.717, 1.165) is 58.0 Å². The summed E-state index contributed by atoms with van der Waals surface area (Å²) < 4.78 is 28.9. The molecule has 2 N–H and O–H groups in total. The lowest BCUT2D eigenvalue weighted by Gasteiger charge is -2.72. The molecule has 0 bridgehead atoms. The van der Waals surface area contributed by atoms with Gasteiger partial charge in [0.05, 0.1) is 30.1 Å². The molecule has 1 aromatic rings. The third-order valence-corrected chi connectivity index (χ3v) is 17.9. The number of ether oxygens (including phenoxy) is 1. The van der Waals surface area contributed by atoms with Crippen LogP contribution in [0.15, 0.2) is 30.3 Å². The number of benzene rings is 1. The van der Waals surface area contributed by atoms with Crippen molar-refractivity contribution in [2.24, 2.45) is 51.2 Å². The van der Waals surface area contributed by atoms with Crippen LogP contribution in [-0.2, 0) is 19.4 Å². The fourth-order valence-electron chi connectivity index (χ4n) is 13.6. The Bertz CT molecular complexity index is 1640. The Labute approximate surface area is 300 Å². The monoisotopic (exact) mass is 708 g/mol. The van der Waals surface area contributed by atoms with Crippen LogP contribution < -0.4 is 5.32 Å². The van der Waals surface area contributed by atoms with E-state index in [1.54, 1.807) is 0 Å². The molecular weight excluding hydrogens is 649 g/mol. The molecule has 0 amide bonds. The third-order valence-electron chi connectivity index (χ3n) is 16.3. The van der Waals surface area contributed by atoms with Gasteiger partial charge in [0.1, 0.15) is 0 Å². The number of aliphatic carboxylic acids is 1. The van der Waals surface area contributed by atoms with Crippen LogP contribution in [-0.4, -0.2) is 80.7 Å². The Morgan fingerprint density at radius 3 is 2.26 bits per heavy atom. The Morgan fingerprint density at radius 1 is 0.900 bits per heavy atom. The average molecular weight is 709 g/mol. The van der Waals surface area contributed by atoms with Crippen LogP contribution in [0.5, 0.6) is 0 Å². The number of hydrogen-bond donors (Lipinski definition) is 2. The molecule has 8 nitrogen and oxygen atoms in total. The number of carboxylic acids is 1. The van der Waals surface area contributed by atoms with E-state index in [4.69, 9.17) is 4.74 Å². The molecule has 5 aliphatic carbocycles. The van der Waals surface area contributed by atoms with Gasteiger partial charge in [-0.1, -0.05) is 52.8 Å². The highest BCUT2D eigenvalue weighted by Crippen LogP contribution is 2.76. The second-order valence-corrected chi connectivity index (χ2v) is 20.7.